The second-order valence-electron chi connectivity index (χ2n) is 8.97. The monoisotopic (exact) mass is 495 g/mol. The molecular formula is C29H29N5O3. The Labute approximate surface area is 214 Å². The maximum atomic E-state index is 13.3. The fraction of sp³-hybridized carbons (Fsp3) is 0.207. The first kappa shape index (κ1) is 24.4. The number of aliphatic hydroxyl groups is 1. The van der Waals surface area contributed by atoms with Crippen LogP contribution in [0.25, 0.3) is 27.5 Å². The molecule has 1 atom stereocenters. The third-order valence-corrected chi connectivity index (χ3v) is 6.57. The van der Waals surface area contributed by atoms with Crippen LogP contribution in [0.5, 0.6) is 0 Å². The van der Waals surface area contributed by atoms with Gasteiger partial charge < -0.3 is 15.4 Å². The molecule has 0 bridgehead atoms. The van der Waals surface area contributed by atoms with Crippen molar-refractivity contribution < 1.29 is 9.90 Å². The quantitative estimate of drug-likeness (QED) is 0.290. The lowest BCUT2D eigenvalue weighted by Crippen LogP contribution is -2.39. The van der Waals surface area contributed by atoms with Crippen molar-refractivity contribution in [3.8, 4) is 11.3 Å². The predicted molar refractivity (Wildman–Crippen MR) is 145 cm³/mol. The van der Waals surface area contributed by atoms with E-state index in [2.05, 4.69) is 20.3 Å². The number of benzene rings is 3. The Bertz CT molecular complexity index is 1590. The van der Waals surface area contributed by atoms with Crippen LogP contribution in [0.3, 0.4) is 0 Å². The molecule has 3 aromatic carbocycles. The number of aromatic nitrogens is 3. The lowest BCUT2D eigenvalue weighted by Gasteiger charge is -2.26. The van der Waals surface area contributed by atoms with Gasteiger partial charge in [0, 0.05) is 24.7 Å². The SMILES string of the molecule is CCN(CCO)CC(NC(=O)c1cc2c(=O)[nH]c(-c3ccc4ccccc4c3)cn2n1)c1ccccc1. The van der Waals surface area contributed by atoms with Gasteiger partial charge in [0.2, 0.25) is 0 Å². The van der Waals surface area contributed by atoms with Crippen LogP contribution in [0.1, 0.15) is 29.0 Å². The maximum Gasteiger partial charge on any atom is 0.274 e. The Hall–Kier alpha value is -4.27. The molecule has 0 aliphatic heterocycles. The molecule has 0 spiro atoms. The van der Waals surface area contributed by atoms with Crippen LogP contribution in [0.2, 0.25) is 0 Å². The standard InChI is InChI=1S/C29H29N5O3/c1-2-33(14-15-35)18-25(21-9-4-3-5-10-21)30-28(36)24-17-27-29(37)31-26(19-34(27)32-24)23-13-12-20-8-6-7-11-22(20)16-23/h3-13,16-17,19,25,35H,2,14-15,18H2,1H3,(H,30,36)(H,31,37). The zero-order chi connectivity index (χ0) is 25.8. The number of aliphatic hydroxyl groups excluding tert-OH is 1. The van der Waals surface area contributed by atoms with Crippen molar-refractivity contribution in [3.63, 3.8) is 0 Å². The summed E-state index contributed by atoms with van der Waals surface area (Å²) in [6.07, 6.45) is 1.73. The van der Waals surface area contributed by atoms with Crippen LogP contribution in [-0.2, 0) is 0 Å². The summed E-state index contributed by atoms with van der Waals surface area (Å²) in [5, 5.41) is 19.1. The zero-order valence-corrected chi connectivity index (χ0v) is 20.6. The van der Waals surface area contributed by atoms with Crippen LogP contribution >= 0.6 is 0 Å². The Kier molecular flexibility index (Phi) is 7.11. The van der Waals surface area contributed by atoms with Crippen molar-refractivity contribution >= 4 is 22.2 Å². The van der Waals surface area contributed by atoms with Crippen LogP contribution in [-0.4, -0.2) is 56.8 Å². The molecule has 5 rings (SSSR count). The molecule has 5 aromatic rings. The van der Waals surface area contributed by atoms with Crippen molar-refractivity contribution in [1.29, 1.82) is 0 Å². The van der Waals surface area contributed by atoms with Crippen LogP contribution < -0.4 is 10.9 Å². The summed E-state index contributed by atoms with van der Waals surface area (Å²) in [7, 11) is 0. The molecule has 8 heteroatoms. The van der Waals surface area contributed by atoms with Crippen molar-refractivity contribution in [3.05, 3.63) is 107 Å². The Balaban J connectivity index is 1.44. The van der Waals surface area contributed by atoms with Crippen molar-refractivity contribution in [2.45, 2.75) is 13.0 Å². The third-order valence-electron chi connectivity index (χ3n) is 6.57. The first-order chi connectivity index (χ1) is 18.1. The van der Waals surface area contributed by atoms with Gasteiger partial charge in [-0.15, -0.1) is 0 Å². The third kappa shape index (κ3) is 5.30. The normalized spacial score (nSPS) is 12.3. The highest BCUT2D eigenvalue weighted by Gasteiger charge is 2.21. The van der Waals surface area contributed by atoms with E-state index in [1.54, 1.807) is 6.20 Å². The smallest absolute Gasteiger partial charge is 0.274 e. The molecule has 2 aromatic heterocycles. The molecule has 2 heterocycles. The molecule has 1 unspecified atom stereocenters. The Morgan fingerprint density at radius 2 is 1.81 bits per heavy atom. The first-order valence-corrected chi connectivity index (χ1v) is 12.4. The summed E-state index contributed by atoms with van der Waals surface area (Å²) in [4.78, 5) is 31.2. The molecule has 188 valence electrons. The number of nitrogens with zero attached hydrogens (tertiary/aromatic N) is 3. The lowest BCUT2D eigenvalue weighted by molar-refractivity contribution is 0.0916. The summed E-state index contributed by atoms with van der Waals surface area (Å²) in [6.45, 7) is 3.84. The average molecular weight is 496 g/mol. The topological polar surface area (TPSA) is 103 Å². The summed E-state index contributed by atoms with van der Waals surface area (Å²) in [5.41, 5.74) is 2.55. The number of aromatic amines is 1. The first-order valence-electron chi connectivity index (χ1n) is 12.4. The number of hydrogen-bond acceptors (Lipinski definition) is 5. The molecule has 0 fully saturated rings. The van der Waals surface area contributed by atoms with E-state index in [4.69, 9.17) is 0 Å². The molecule has 37 heavy (non-hydrogen) atoms. The fourth-order valence-electron chi connectivity index (χ4n) is 4.55. The van der Waals surface area contributed by atoms with Gasteiger partial charge in [-0.3, -0.25) is 14.5 Å². The summed E-state index contributed by atoms with van der Waals surface area (Å²) in [5.74, 6) is -0.371. The van der Waals surface area contributed by atoms with Crippen molar-refractivity contribution in [1.82, 2.24) is 24.8 Å². The van der Waals surface area contributed by atoms with Crippen molar-refractivity contribution in [2.75, 3.05) is 26.2 Å². The van der Waals surface area contributed by atoms with Gasteiger partial charge in [0.1, 0.15) is 5.52 Å². The fourth-order valence-corrected chi connectivity index (χ4v) is 4.55. The lowest BCUT2D eigenvalue weighted by atomic mass is 10.1. The van der Waals surface area contributed by atoms with E-state index in [0.29, 0.717) is 24.3 Å². The van der Waals surface area contributed by atoms with Crippen LogP contribution in [0.15, 0.2) is 89.9 Å². The second kappa shape index (κ2) is 10.8. The second-order valence-corrected chi connectivity index (χ2v) is 8.97. The van der Waals surface area contributed by atoms with Gasteiger partial charge >= 0.3 is 0 Å². The van der Waals surface area contributed by atoms with Gasteiger partial charge in [0.05, 0.1) is 24.5 Å². The summed E-state index contributed by atoms with van der Waals surface area (Å²) in [6, 6.07) is 24.9. The highest BCUT2D eigenvalue weighted by atomic mass is 16.3. The number of carbonyl (C=O) groups excluding carboxylic acids is 1. The molecule has 0 radical (unpaired) electrons. The molecule has 1 amide bonds. The molecule has 3 N–H and O–H groups in total. The minimum absolute atomic E-state index is 0.0397. The highest BCUT2D eigenvalue weighted by molar-refractivity contribution is 5.94. The molecule has 0 saturated heterocycles. The molecule has 0 saturated carbocycles. The number of fused-ring (bicyclic) bond motifs is 2. The number of carbonyl (C=O) groups is 1. The van der Waals surface area contributed by atoms with Crippen LogP contribution in [0, 0.1) is 0 Å². The number of H-pyrrole nitrogens is 1. The molecule has 8 nitrogen and oxygen atoms in total. The number of hydrogen-bond donors (Lipinski definition) is 3. The minimum Gasteiger partial charge on any atom is -0.395 e. The number of amides is 1. The Morgan fingerprint density at radius 3 is 2.57 bits per heavy atom. The van der Waals surface area contributed by atoms with Crippen LogP contribution in [0.4, 0.5) is 0 Å². The number of rotatable bonds is 9. The number of nitrogens with one attached hydrogen (secondary N) is 2. The summed E-state index contributed by atoms with van der Waals surface area (Å²) >= 11 is 0. The van der Waals surface area contributed by atoms with E-state index in [9.17, 15) is 14.7 Å². The van der Waals surface area contributed by atoms with Gasteiger partial charge in [-0.2, -0.15) is 5.10 Å². The largest absolute Gasteiger partial charge is 0.395 e. The van der Waals surface area contributed by atoms with E-state index >= 15 is 0 Å². The molecule has 0 aliphatic carbocycles. The maximum absolute atomic E-state index is 13.3. The van der Waals surface area contributed by atoms with Gasteiger partial charge in [0.15, 0.2) is 5.69 Å². The van der Waals surface area contributed by atoms with Gasteiger partial charge in [0.25, 0.3) is 11.5 Å². The van der Waals surface area contributed by atoms with Crippen molar-refractivity contribution in [2.24, 2.45) is 0 Å². The number of likely N-dealkylation sites (N-methyl/N-ethyl adjacent to an activating group) is 1. The van der Waals surface area contributed by atoms with E-state index in [0.717, 1.165) is 28.4 Å². The Morgan fingerprint density at radius 1 is 1.05 bits per heavy atom. The average Bonchev–Trinajstić information content (AvgIpc) is 3.38. The summed E-state index contributed by atoms with van der Waals surface area (Å²) < 4.78 is 1.46. The minimum atomic E-state index is -0.371. The van der Waals surface area contributed by atoms with E-state index < -0.39 is 0 Å². The van der Waals surface area contributed by atoms with E-state index in [1.165, 1.54) is 10.6 Å². The van der Waals surface area contributed by atoms with Gasteiger partial charge in [-0.25, -0.2) is 4.52 Å². The van der Waals surface area contributed by atoms with E-state index in [1.807, 2.05) is 79.7 Å². The molecular weight excluding hydrogens is 466 g/mol. The highest BCUT2D eigenvalue weighted by Crippen LogP contribution is 2.23. The molecule has 0 aliphatic rings. The predicted octanol–water partition coefficient (Wildman–Crippen LogP) is 3.63. The zero-order valence-electron chi connectivity index (χ0n) is 20.6. The van der Waals surface area contributed by atoms with Gasteiger partial charge in [-0.1, -0.05) is 73.7 Å². The van der Waals surface area contributed by atoms with Gasteiger partial charge in [-0.05, 0) is 28.9 Å². The van der Waals surface area contributed by atoms with E-state index in [-0.39, 0.29) is 29.8 Å².